The van der Waals surface area contributed by atoms with Gasteiger partial charge in [0.1, 0.15) is 6.61 Å². The number of nitrogens with one attached hydrogen (secondary N) is 1. The summed E-state index contributed by atoms with van der Waals surface area (Å²) in [5.74, 6) is -0.755. The molecule has 0 fully saturated rings. The van der Waals surface area contributed by atoms with Crippen molar-refractivity contribution >= 4 is 17.6 Å². The van der Waals surface area contributed by atoms with Gasteiger partial charge in [0.2, 0.25) is 5.91 Å². The highest BCUT2D eigenvalue weighted by molar-refractivity contribution is 5.87. The van der Waals surface area contributed by atoms with Crippen molar-refractivity contribution in [2.45, 2.75) is 6.42 Å². The van der Waals surface area contributed by atoms with E-state index in [1.165, 1.54) is 11.7 Å². The summed E-state index contributed by atoms with van der Waals surface area (Å²) in [6.45, 7) is 0.0175. The zero-order chi connectivity index (χ0) is 15.2. The number of anilines is 1. The molecule has 1 aromatic carbocycles. The van der Waals surface area contributed by atoms with E-state index in [4.69, 9.17) is 10.5 Å². The summed E-state index contributed by atoms with van der Waals surface area (Å²) in [6.07, 6.45) is 1.77. The lowest BCUT2D eigenvalue weighted by Crippen LogP contribution is -2.20. The van der Waals surface area contributed by atoms with Crippen LogP contribution < -0.4 is 11.1 Å². The molecule has 7 heteroatoms. The first-order chi connectivity index (χ1) is 10.1. The number of hydrogen-bond acceptors (Lipinski definition) is 5. The van der Waals surface area contributed by atoms with Crippen LogP contribution >= 0.6 is 0 Å². The summed E-state index contributed by atoms with van der Waals surface area (Å²) in [4.78, 5) is 22.8. The highest BCUT2D eigenvalue weighted by atomic mass is 16.5. The molecule has 2 aromatic rings. The Morgan fingerprint density at radius 2 is 2.19 bits per heavy atom. The number of esters is 1. The third kappa shape index (κ3) is 3.82. The smallest absolute Gasteiger partial charge is 0.358 e. The van der Waals surface area contributed by atoms with Gasteiger partial charge in [-0.1, -0.05) is 6.07 Å². The van der Waals surface area contributed by atoms with Crippen molar-refractivity contribution in [1.29, 1.82) is 0 Å². The van der Waals surface area contributed by atoms with E-state index in [0.29, 0.717) is 5.69 Å². The van der Waals surface area contributed by atoms with Gasteiger partial charge in [-0.05, 0) is 24.3 Å². The van der Waals surface area contributed by atoms with Crippen molar-refractivity contribution in [2.75, 3.05) is 19.4 Å². The van der Waals surface area contributed by atoms with Gasteiger partial charge < -0.3 is 15.8 Å². The summed E-state index contributed by atoms with van der Waals surface area (Å²) >= 11 is 0. The average Bonchev–Trinajstić information content (AvgIpc) is 2.97. The van der Waals surface area contributed by atoms with Crippen molar-refractivity contribution in [3.05, 3.63) is 42.2 Å². The number of carbonyl (C=O) groups is 2. The van der Waals surface area contributed by atoms with E-state index in [1.807, 2.05) is 6.07 Å². The Kier molecular flexibility index (Phi) is 4.55. The first kappa shape index (κ1) is 14.6. The molecular weight excluding hydrogens is 272 g/mol. The van der Waals surface area contributed by atoms with Crippen LogP contribution in [0.1, 0.15) is 16.9 Å². The average molecular weight is 288 g/mol. The summed E-state index contributed by atoms with van der Waals surface area (Å²) in [5, 5.41) is 6.57. The SMILES string of the molecule is CNC(=O)CCOC(=O)c1ccn(-c2cccc(N)c2)n1. The predicted octanol–water partition coefficient (Wildman–Crippen LogP) is 0.747. The van der Waals surface area contributed by atoms with Gasteiger partial charge in [0.15, 0.2) is 5.69 Å². The number of rotatable bonds is 5. The second-order valence-corrected chi connectivity index (χ2v) is 4.30. The summed E-state index contributed by atoms with van der Waals surface area (Å²) in [7, 11) is 1.53. The van der Waals surface area contributed by atoms with Gasteiger partial charge in [0.25, 0.3) is 0 Å². The Hall–Kier alpha value is -2.83. The zero-order valence-electron chi connectivity index (χ0n) is 11.6. The Bertz CT molecular complexity index is 651. The predicted molar refractivity (Wildman–Crippen MR) is 76.9 cm³/mol. The molecule has 7 nitrogen and oxygen atoms in total. The van der Waals surface area contributed by atoms with E-state index in [0.717, 1.165) is 5.69 Å². The van der Waals surface area contributed by atoms with Gasteiger partial charge in [-0.15, -0.1) is 0 Å². The van der Waals surface area contributed by atoms with Gasteiger partial charge in [-0.2, -0.15) is 5.10 Å². The third-order valence-electron chi connectivity index (χ3n) is 2.77. The normalized spacial score (nSPS) is 10.1. The minimum absolute atomic E-state index is 0.0175. The number of nitrogen functional groups attached to an aromatic ring is 1. The lowest BCUT2D eigenvalue weighted by Gasteiger charge is -2.03. The monoisotopic (exact) mass is 288 g/mol. The molecule has 1 aromatic heterocycles. The second-order valence-electron chi connectivity index (χ2n) is 4.30. The molecule has 110 valence electrons. The van der Waals surface area contributed by atoms with Gasteiger partial charge >= 0.3 is 5.97 Å². The van der Waals surface area contributed by atoms with Crippen molar-refractivity contribution in [2.24, 2.45) is 0 Å². The zero-order valence-corrected chi connectivity index (χ0v) is 11.6. The van der Waals surface area contributed by atoms with Crippen LogP contribution in [0.5, 0.6) is 0 Å². The fourth-order valence-electron chi connectivity index (χ4n) is 1.68. The van der Waals surface area contributed by atoms with E-state index in [2.05, 4.69) is 10.4 Å². The standard InChI is InChI=1S/C14H16N4O3/c1-16-13(19)6-8-21-14(20)12-5-7-18(17-12)11-4-2-3-10(15)9-11/h2-5,7,9H,6,8,15H2,1H3,(H,16,19). The molecule has 0 aliphatic carbocycles. The van der Waals surface area contributed by atoms with Crippen LogP contribution in [0.15, 0.2) is 36.5 Å². The molecule has 0 aliphatic heterocycles. The molecule has 0 atom stereocenters. The first-order valence-electron chi connectivity index (χ1n) is 6.39. The van der Waals surface area contributed by atoms with Crippen molar-refractivity contribution in [1.82, 2.24) is 15.1 Å². The Labute approximate surface area is 121 Å². The Morgan fingerprint density at radius 1 is 1.38 bits per heavy atom. The summed E-state index contributed by atoms with van der Waals surface area (Å²) in [5.41, 5.74) is 7.23. The minimum Gasteiger partial charge on any atom is -0.460 e. The van der Waals surface area contributed by atoms with Crippen LogP contribution in [-0.4, -0.2) is 35.3 Å². The quantitative estimate of drug-likeness (QED) is 0.624. The highest BCUT2D eigenvalue weighted by Crippen LogP contribution is 2.12. The van der Waals surface area contributed by atoms with Crippen molar-refractivity contribution in [3.63, 3.8) is 0 Å². The van der Waals surface area contributed by atoms with E-state index < -0.39 is 5.97 Å². The molecule has 0 bridgehead atoms. The van der Waals surface area contributed by atoms with Gasteiger partial charge in [0.05, 0.1) is 12.1 Å². The number of benzene rings is 1. The van der Waals surface area contributed by atoms with Crippen LogP contribution in [0.3, 0.4) is 0 Å². The fraction of sp³-hybridized carbons (Fsp3) is 0.214. The van der Waals surface area contributed by atoms with Crippen LogP contribution in [0.4, 0.5) is 5.69 Å². The molecule has 1 heterocycles. The van der Waals surface area contributed by atoms with E-state index in [9.17, 15) is 9.59 Å². The minimum atomic E-state index is -0.568. The van der Waals surface area contributed by atoms with Crippen LogP contribution in [-0.2, 0) is 9.53 Å². The first-order valence-corrected chi connectivity index (χ1v) is 6.39. The third-order valence-corrected chi connectivity index (χ3v) is 2.77. The van der Waals surface area contributed by atoms with Crippen LogP contribution in [0.25, 0.3) is 5.69 Å². The van der Waals surface area contributed by atoms with E-state index >= 15 is 0 Å². The van der Waals surface area contributed by atoms with Crippen molar-refractivity contribution < 1.29 is 14.3 Å². The molecule has 0 aliphatic rings. The maximum Gasteiger partial charge on any atom is 0.358 e. The van der Waals surface area contributed by atoms with E-state index in [1.54, 1.807) is 30.5 Å². The molecule has 2 rings (SSSR count). The molecule has 3 N–H and O–H groups in total. The fourth-order valence-corrected chi connectivity index (χ4v) is 1.68. The number of nitrogens with two attached hydrogens (primary N) is 1. The maximum atomic E-state index is 11.8. The molecule has 0 radical (unpaired) electrons. The van der Waals surface area contributed by atoms with Gasteiger partial charge in [0, 0.05) is 18.9 Å². The largest absolute Gasteiger partial charge is 0.460 e. The molecular formula is C14H16N4O3. The Balaban J connectivity index is 1.99. The maximum absolute atomic E-state index is 11.8. The second kappa shape index (κ2) is 6.56. The Morgan fingerprint density at radius 3 is 2.90 bits per heavy atom. The topological polar surface area (TPSA) is 99.2 Å². The number of hydrogen-bond donors (Lipinski definition) is 2. The molecule has 0 saturated carbocycles. The van der Waals surface area contributed by atoms with Crippen LogP contribution in [0, 0.1) is 0 Å². The number of nitrogens with zero attached hydrogens (tertiary/aromatic N) is 2. The van der Waals surface area contributed by atoms with Gasteiger partial charge in [-0.3, -0.25) is 4.79 Å². The number of amides is 1. The molecule has 0 spiro atoms. The lowest BCUT2D eigenvalue weighted by atomic mass is 10.3. The molecule has 0 saturated heterocycles. The summed E-state index contributed by atoms with van der Waals surface area (Å²) in [6, 6.07) is 8.68. The molecule has 0 unspecified atom stereocenters. The molecule has 21 heavy (non-hydrogen) atoms. The summed E-state index contributed by atoms with van der Waals surface area (Å²) < 4.78 is 6.51. The van der Waals surface area contributed by atoms with Gasteiger partial charge in [-0.25, -0.2) is 9.48 Å². The highest BCUT2D eigenvalue weighted by Gasteiger charge is 2.12. The number of carbonyl (C=O) groups excluding carboxylic acids is 2. The lowest BCUT2D eigenvalue weighted by molar-refractivity contribution is -0.121. The van der Waals surface area contributed by atoms with Crippen LogP contribution in [0.2, 0.25) is 0 Å². The number of aromatic nitrogens is 2. The van der Waals surface area contributed by atoms with Crippen molar-refractivity contribution in [3.8, 4) is 5.69 Å². The van der Waals surface area contributed by atoms with E-state index in [-0.39, 0.29) is 24.6 Å². The number of ether oxygens (including phenoxy) is 1. The molecule has 1 amide bonds.